The number of piperidine rings is 1. The molecular formula is C24H33Cl2N3O5. The van der Waals surface area contributed by atoms with Crippen LogP contribution in [0, 0.1) is 5.41 Å². The molecule has 10 heteroatoms. The zero-order valence-electron chi connectivity index (χ0n) is 19.4. The van der Waals surface area contributed by atoms with Gasteiger partial charge in [-0.25, -0.2) is 0 Å². The molecule has 2 aliphatic rings. The van der Waals surface area contributed by atoms with Crippen LogP contribution in [0.3, 0.4) is 0 Å². The molecule has 2 saturated heterocycles. The van der Waals surface area contributed by atoms with Crippen LogP contribution in [-0.4, -0.2) is 106 Å². The zero-order chi connectivity index (χ0) is 24.9. The lowest BCUT2D eigenvalue weighted by molar-refractivity contribution is -0.132. The summed E-state index contributed by atoms with van der Waals surface area (Å²) < 4.78 is 0. The van der Waals surface area contributed by atoms with Gasteiger partial charge < -0.3 is 25.1 Å². The molecule has 188 valence electrons. The first-order valence-corrected chi connectivity index (χ1v) is 12.3. The first kappa shape index (κ1) is 26.9. The molecule has 1 aromatic rings. The van der Waals surface area contributed by atoms with Crippen LogP contribution in [0.15, 0.2) is 24.3 Å². The lowest BCUT2D eigenvalue weighted by Gasteiger charge is -2.43. The Morgan fingerprint density at radius 1 is 1.21 bits per heavy atom. The number of benzene rings is 1. The highest BCUT2D eigenvalue weighted by Crippen LogP contribution is 2.30. The molecule has 3 N–H and O–H groups in total. The van der Waals surface area contributed by atoms with E-state index in [1.165, 1.54) is 6.08 Å². The summed E-state index contributed by atoms with van der Waals surface area (Å²) in [6, 6.07) is 5.10. The third-order valence-corrected chi connectivity index (χ3v) is 7.50. The Balaban J connectivity index is 1.49. The fourth-order valence-corrected chi connectivity index (χ4v) is 4.57. The molecule has 0 bridgehead atoms. The van der Waals surface area contributed by atoms with Gasteiger partial charge in [-0.2, -0.15) is 0 Å². The summed E-state index contributed by atoms with van der Waals surface area (Å²) in [6.07, 6.45) is 2.49. The Morgan fingerprint density at radius 2 is 1.97 bits per heavy atom. The SMILES string of the molecule is C[C@]1(CO)CCN(C[C@H](O)CN2CCN(C(=O)C=Cc3ccc(Cl)c(Cl)c3)CCC2=O)C[C@@H]1O. The molecule has 8 nitrogen and oxygen atoms in total. The van der Waals surface area contributed by atoms with Crippen molar-refractivity contribution < 1.29 is 24.9 Å². The van der Waals surface area contributed by atoms with Gasteiger partial charge in [0.15, 0.2) is 0 Å². The summed E-state index contributed by atoms with van der Waals surface area (Å²) >= 11 is 11.9. The van der Waals surface area contributed by atoms with E-state index >= 15 is 0 Å². The molecule has 2 amide bonds. The van der Waals surface area contributed by atoms with Crippen LogP contribution in [0.4, 0.5) is 0 Å². The fraction of sp³-hybridized carbons (Fsp3) is 0.583. The van der Waals surface area contributed by atoms with Crippen LogP contribution in [0.5, 0.6) is 0 Å². The van der Waals surface area contributed by atoms with E-state index in [1.54, 1.807) is 34.1 Å². The smallest absolute Gasteiger partial charge is 0.246 e. The maximum atomic E-state index is 12.6. The zero-order valence-corrected chi connectivity index (χ0v) is 20.9. The number of rotatable bonds is 7. The van der Waals surface area contributed by atoms with Crippen molar-refractivity contribution in [2.75, 3.05) is 52.4 Å². The normalized spacial score (nSPS) is 25.6. The van der Waals surface area contributed by atoms with Crippen molar-refractivity contribution in [1.29, 1.82) is 0 Å². The highest BCUT2D eigenvalue weighted by atomic mass is 35.5. The molecule has 1 aromatic carbocycles. The molecule has 0 spiro atoms. The second-order valence-corrected chi connectivity index (χ2v) is 10.2. The number of β-amino-alcohol motifs (C(OH)–C–C–N with tert-alkyl or cyclic N) is 2. The Hall–Kier alpha value is -1.68. The minimum atomic E-state index is -0.772. The van der Waals surface area contributed by atoms with Crippen molar-refractivity contribution >= 4 is 41.1 Å². The van der Waals surface area contributed by atoms with Crippen molar-refractivity contribution in [2.45, 2.75) is 32.0 Å². The Labute approximate surface area is 210 Å². The Kier molecular flexibility index (Phi) is 9.37. The number of aliphatic hydroxyl groups is 3. The molecule has 2 heterocycles. The van der Waals surface area contributed by atoms with Crippen LogP contribution < -0.4 is 0 Å². The molecule has 3 rings (SSSR count). The van der Waals surface area contributed by atoms with Crippen LogP contribution in [0.1, 0.15) is 25.3 Å². The number of nitrogens with zero attached hydrogens (tertiary/aromatic N) is 3. The molecule has 0 aromatic heterocycles. The molecule has 2 fully saturated rings. The highest BCUT2D eigenvalue weighted by Gasteiger charge is 2.38. The Bertz CT molecular complexity index is 915. The maximum Gasteiger partial charge on any atom is 0.246 e. The van der Waals surface area contributed by atoms with E-state index in [9.17, 15) is 24.9 Å². The van der Waals surface area contributed by atoms with Gasteiger partial charge in [-0.15, -0.1) is 0 Å². The molecule has 0 unspecified atom stereocenters. The minimum Gasteiger partial charge on any atom is -0.396 e. The number of likely N-dealkylation sites (tertiary alicyclic amines) is 1. The van der Waals surface area contributed by atoms with Crippen LogP contribution in [-0.2, 0) is 9.59 Å². The number of hydrogen-bond acceptors (Lipinski definition) is 6. The first-order valence-electron chi connectivity index (χ1n) is 11.5. The standard InChI is InChI=1S/C24H33Cl2N3O5/c1-24(16-30)7-9-27(15-21(24)32)13-18(31)14-29-11-10-28(8-6-23(29)34)22(33)5-3-17-2-4-19(25)20(26)12-17/h2-5,12,18,21,30-32H,6-11,13-16H2,1H3/t18-,21-,24+/m0/s1. The fourth-order valence-electron chi connectivity index (χ4n) is 4.27. The monoisotopic (exact) mass is 513 g/mol. The van der Waals surface area contributed by atoms with Gasteiger partial charge in [-0.3, -0.25) is 14.5 Å². The molecule has 0 radical (unpaired) electrons. The second-order valence-electron chi connectivity index (χ2n) is 9.41. The van der Waals surface area contributed by atoms with E-state index in [0.717, 1.165) is 5.56 Å². The number of carbonyl (C=O) groups excluding carboxylic acids is 2. The maximum absolute atomic E-state index is 12.6. The van der Waals surface area contributed by atoms with E-state index in [2.05, 4.69) is 0 Å². The van der Waals surface area contributed by atoms with E-state index < -0.39 is 17.6 Å². The molecule has 0 aliphatic carbocycles. The van der Waals surface area contributed by atoms with Gasteiger partial charge >= 0.3 is 0 Å². The molecule has 34 heavy (non-hydrogen) atoms. The number of halogens is 2. The van der Waals surface area contributed by atoms with E-state index in [1.807, 2.05) is 11.8 Å². The summed E-state index contributed by atoms with van der Waals surface area (Å²) in [5, 5.41) is 31.3. The lowest BCUT2D eigenvalue weighted by Crippen LogP contribution is -2.53. The number of hydrogen-bond donors (Lipinski definition) is 3. The van der Waals surface area contributed by atoms with Crippen LogP contribution in [0.2, 0.25) is 10.0 Å². The number of amides is 2. The van der Waals surface area contributed by atoms with Gasteiger partial charge in [0.1, 0.15) is 0 Å². The second kappa shape index (κ2) is 11.8. The van der Waals surface area contributed by atoms with Crippen molar-refractivity contribution in [1.82, 2.24) is 14.7 Å². The third-order valence-electron chi connectivity index (χ3n) is 6.76. The van der Waals surface area contributed by atoms with Gasteiger partial charge in [0.25, 0.3) is 0 Å². The number of aliphatic hydroxyl groups excluding tert-OH is 3. The van der Waals surface area contributed by atoms with E-state index in [4.69, 9.17) is 23.2 Å². The summed E-state index contributed by atoms with van der Waals surface area (Å²) in [5.74, 6) is -0.301. The Morgan fingerprint density at radius 3 is 2.65 bits per heavy atom. The lowest BCUT2D eigenvalue weighted by atomic mass is 9.78. The van der Waals surface area contributed by atoms with Gasteiger partial charge in [-0.05, 0) is 36.7 Å². The van der Waals surface area contributed by atoms with Crippen molar-refractivity contribution in [3.05, 3.63) is 39.9 Å². The van der Waals surface area contributed by atoms with Gasteiger partial charge in [0.2, 0.25) is 11.8 Å². The van der Waals surface area contributed by atoms with Crippen molar-refractivity contribution in [3.63, 3.8) is 0 Å². The van der Waals surface area contributed by atoms with Gasteiger partial charge in [0.05, 0.1) is 28.9 Å². The third kappa shape index (κ3) is 6.93. The van der Waals surface area contributed by atoms with E-state index in [-0.39, 0.29) is 31.4 Å². The molecular weight excluding hydrogens is 481 g/mol. The molecule has 2 aliphatic heterocycles. The van der Waals surface area contributed by atoms with Crippen molar-refractivity contribution in [3.8, 4) is 0 Å². The highest BCUT2D eigenvalue weighted by molar-refractivity contribution is 6.42. The summed E-state index contributed by atoms with van der Waals surface area (Å²) in [6.45, 7) is 4.34. The largest absolute Gasteiger partial charge is 0.396 e. The summed E-state index contributed by atoms with van der Waals surface area (Å²) in [7, 11) is 0. The average molecular weight is 514 g/mol. The molecule has 0 saturated carbocycles. The first-order chi connectivity index (χ1) is 16.1. The van der Waals surface area contributed by atoms with Crippen molar-refractivity contribution in [2.24, 2.45) is 5.41 Å². The topological polar surface area (TPSA) is 105 Å². The average Bonchev–Trinajstić information content (AvgIpc) is 2.98. The van der Waals surface area contributed by atoms with Gasteiger partial charge in [0, 0.05) is 57.2 Å². The summed E-state index contributed by atoms with van der Waals surface area (Å²) in [4.78, 5) is 30.4. The van der Waals surface area contributed by atoms with Crippen LogP contribution in [0.25, 0.3) is 6.08 Å². The predicted molar refractivity (Wildman–Crippen MR) is 132 cm³/mol. The minimum absolute atomic E-state index is 0.0787. The molecule has 3 atom stereocenters. The van der Waals surface area contributed by atoms with E-state index in [0.29, 0.717) is 55.7 Å². The number of carbonyl (C=O) groups is 2. The van der Waals surface area contributed by atoms with Gasteiger partial charge in [-0.1, -0.05) is 36.2 Å². The quantitative estimate of drug-likeness (QED) is 0.477. The predicted octanol–water partition coefficient (Wildman–Crippen LogP) is 1.49. The van der Waals surface area contributed by atoms with Crippen LogP contribution >= 0.6 is 23.2 Å². The summed E-state index contributed by atoms with van der Waals surface area (Å²) in [5.41, 5.74) is 0.229.